The van der Waals surface area contributed by atoms with Gasteiger partial charge in [-0.3, -0.25) is 9.69 Å². The van der Waals surface area contributed by atoms with Crippen LogP contribution >= 0.6 is 0 Å². The molecule has 0 spiro atoms. The molecule has 21 heavy (non-hydrogen) atoms. The van der Waals surface area contributed by atoms with Crippen LogP contribution in [-0.4, -0.2) is 62.6 Å². The maximum Gasteiger partial charge on any atom is 0.240 e. The van der Waals surface area contributed by atoms with Gasteiger partial charge < -0.3 is 15.0 Å². The first-order valence-corrected chi connectivity index (χ1v) is 7.36. The number of ether oxygens (including phenoxy) is 1. The Balaban J connectivity index is 2.17. The predicted octanol–water partition coefficient (Wildman–Crippen LogP) is 1.12. The molecule has 116 valence electrons. The van der Waals surface area contributed by atoms with Gasteiger partial charge in [0.2, 0.25) is 5.91 Å². The van der Waals surface area contributed by atoms with E-state index < -0.39 is 0 Å². The first kappa shape index (κ1) is 15.8. The van der Waals surface area contributed by atoms with Crippen LogP contribution in [0, 0.1) is 0 Å². The van der Waals surface area contributed by atoms with Crippen LogP contribution < -0.4 is 10.1 Å². The fourth-order valence-electron chi connectivity index (χ4n) is 2.78. The van der Waals surface area contributed by atoms with E-state index in [0.717, 1.165) is 18.8 Å². The third kappa shape index (κ3) is 3.54. The van der Waals surface area contributed by atoms with Crippen molar-refractivity contribution in [3.05, 3.63) is 29.8 Å². The van der Waals surface area contributed by atoms with E-state index in [-0.39, 0.29) is 18.0 Å². The van der Waals surface area contributed by atoms with Gasteiger partial charge in [-0.1, -0.05) is 12.1 Å². The van der Waals surface area contributed by atoms with E-state index in [1.165, 1.54) is 5.56 Å². The Morgan fingerprint density at radius 2 is 2.05 bits per heavy atom. The molecule has 1 aromatic carbocycles. The van der Waals surface area contributed by atoms with Gasteiger partial charge in [-0.25, -0.2) is 0 Å². The molecule has 2 unspecified atom stereocenters. The van der Waals surface area contributed by atoms with Crippen LogP contribution in [0.2, 0.25) is 0 Å². The molecule has 2 rings (SSSR count). The number of nitrogens with zero attached hydrogens (tertiary/aromatic N) is 2. The van der Waals surface area contributed by atoms with Crippen LogP contribution in [0.15, 0.2) is 24.3 Å². The van der Waals surface area contributed by atoms with E-state index in [4.69, 9.17) is 4.74 Å². The summed E-state index contributed by atoms with van der Waals surface area (Å²) in [6, 6.07) is 8.18. The fraction of sp³-hybridized carbons (Fsp3) is 0.562. The number of nitrogens with one attached hydrogen (secondary N) is 1. The Labute approximate surface area is 126 Å². The average Bonchev–Trinajstić information content (AvgIpc) is 2.53. The summed E-state index contributed by atoms with van der Waals surface area (Å²) in [5.41, 5.74) is 1.20. The molecule has 1 aromatic rings. The molecule has 5 heteroatoms. The Kier molecular flexibility index (Phi) is 5.20. The first-order chi connectivity index (χ1) is 10.0. The van der Waals surface area contributed by atoms with E-state index in [2.05, 4.69) is 29.3 Å². The number of carbonyl (C=O) groups excluding carboxylic acids is 1. The van der Waals surface area contributed by atoms with Crippen LogP contribution in [0.3, 0.4) is 0 Å². The summed E-state index contributed by atoms with van der Waals surface area (Å²) in [4.78, 5) is 16.3. The van der Waals surface area contributed by atoms with Crippen molar-refractivity contribution in [2.24, 2.45) is 0 Å². The quantitative estimate of drug-likeness (QED) is 0.903. The minimum absolute atomic E-state index is 0.106. The Morgan fingerprint density at radius 1 is 1.38 bits per heavy atom. The average molecular weight is 291 g/mol. The molecule has 1 heterocycles. The second-order valence-electron chi connectivity index (χ2n) is 5.64. The highest BCUT2D eigenvalue weighted by atomic mass is 16.5. The largest absolute Gasteiger partial charge is 0.497 e. The summed E-state index contributed by atoms with van der Waals surface area (Å²) in [6.45, 7) is 4.65. The van der Waals surface area contributed by atoms with E-state index in [0.29, 0.717) is 6.54 Å². The first-order valence-electron chi connectivity index (χ1n) is 7.36. The number of benzene rings is 1. The Morgan fingerprint density at radius 3 is 2.62 bits per heavy atom. The van der Waals surface area contributed by atoms with Crippen molar-refractivity contribution in [3.63, 3.8) is 0 Å². The molecule has 0 bridgehead atoms. The number of likely N-dealkylation sites (N-methyl/N-ethyl adjacent to an activating group) is 1. The van der Waals surface area contributed by atoms with Crippen molar-refractivity contribution in [3.8, 4) is 5.75 Å². The molecule has 1 fully saturated rings. The van der Waals surface area contributed by atoms with Crippen molar-refractivity contribution in [1.82, 2.24) is 15.1 Å². The van der Waals surface area contributed by atoms with Crippen molar-refractivity contribution < 1.29 is 9.53 Å². The van der Waals surface area contributed by atoms with Crippen molar-refractivity contribution in [1.29, 1.82) is 0 Å². The standard InChI is InChI=1S/C16H25N3O2/c1-12(13-5-7-14(21-4)8-6-13)19-10-9-17-11-15(19)16(20)18(2)3/h5-8,12,15,17H,9-11H2,1-4H3. The highest BCUT2D eigenvalue weighted by Gasteiger charge is 2.33. The van der Waals surface area contributed by atoms with Gasteiger partial charge in [0, 0.05) is 39.8 Å². The number of methoxy groups -OCH3 is 1. The lowest BCUT2D eigenvalue weighted by molar-refractivity contribution is -0.136. The van der Waals surface area contributed by atoms with Crippen molar-refractivity contribution in [2.45, 2.75) is 19.0 Å². The van der Waals surface area contributed by atoms with Gasteiger partial charge in [0.05, 0.1) is 7.11 Å². The van der Waals surface area contributed by atoms with Gasteiger partial charge >= 0.3 is 0 Å². The normalized spacial score (nSPS) is 20.9. The summed E-state index contributed by atoms with van der Waals surface area (Å²) in [5.74, 6) is 1.01. The monoisotopic (exact) mass is 291 g/mol. The predicted molar refractivity (Wildman–Crippen MR) is 83.5 cm³/mol. The molecule has 1 aliphatic rings. The van der Waals surface area contributed by atoms with Gasteiger partial charge in [0.25, 0.3) is 0 Å². The zero-order valence-corrected chi connectivity index (χ0v) is 13.3. The van der Waals surface area contributed by atoms with Crippen LogP contribution in [0.5, 0.6) is 5.75 Å². The maximum absolute atomic E-state index is 12.4. The van der Waals surface area contributed by atoms with Crippen LogP contribution in [-0.2, 0) is 4.79 Å². The maximum atomic E-state index is 12.4. The molecule has 0 aliphatic carbocycles. The summed E-state index contributed by atoms with van der Waals surface area (Å²) in [6.07, 6.45) is 0. The molecule has 0 aromatic heterocycles. The van der Waals surface area contributed by atoms with Gasteiger partial charge in [-0.2, -0.15) is 0 Å². The van der Waals surface area contributed by atoms with Crippen LogP contribution in [0.1, 0.15) is 18.5 Å². The topological polar surface area (TPSA) is 44.8 Å². The number of amides is 1. The number of piperazine rings is 1. The van der Waals surface area contributed by atoms with Gasteiger partial charge in [0.1, 0.15) is 11.8 Å². The molecule has 1 N–H and O–H groups in total. The van der Waals surface area contributed by atoms with E-state index in [1.807, 2.05) is 26.2 Å². The van der Waals surface area contributed by atoms with Crippen molar-refractivity contribution in [2.75, 3.05) is 40.8 Å². The van der Waals surface area contributed by atoms with Gasteiger partial charge in [-0.15, -0.1) is 0 Å². The van der Waals surface area contributed by atoms with Crippen LogP contribution in [0.4, 0.5) is 0 Å². The van der Waals surface area contributed by atoms with E-state index in [9.17, 15) is 4.79 Å². The summed E-state index contributed by atoms with van der Waals surface area (Å²) in [7, 11) is 5.29. The molecule has 1 saturated heterocycles. The van der Waals surface area contributed by atoms with Crippen molar-refractivity contribution >= 4 is 5.91 Å². The Bertz CT molecular complexity index is 473. The molecule has 5 nitrogen and oxygen atoms in total. The van der Waals surface area contributed by atoms with Crippen LogP contribution in [0.25, 0.3) is 0 Å². The second-order valence-corrected chi connectivity index (χ2v) is 5.64. The molecular weight excluding hydrogens is 266 g/mol. The van der Waals surface area contributed by atoms with Gasteiger partial charge in [0.15, 0.2) is 0 Å². The summed E-state index contributed by atoms with van der Waals surface area (Å²) in [5, 5.41) is 3.32. The highest BCUT2D eigenvalue weighted by molar-refractivity contribution is 5.81. The molecule has 1 amide bonds. The summed E-state index contributed by atoms with van der Waals surface area (Å²) >= 11 is 0. The minimum atomic E-state index is -0.106. The minimum Gasteiger partial charge on any atom is -0.497 e. The molecule has 0 saturated carbocycles. The van der Waals surface area contributed by atoms with E-state index in [1.54, 1.807) is 12.0 Å². The lowest BCUT2D eigenvalue weighted by Crippen LogP contribution is -2.58. The highest BCUT2D eigenvalue weighted by Crippen LogP contribution is 2.25. The van der Waals surface area contributed by atoms with Gasteiger partial charge in [-0.05, 0) is 24.6 Å². The molecule has 0 radical (unpaired) electrons. The third-order valence-electron chi connectivity index (χ3n) is 4.11. The third-order valence-corrected chi connectivity index (χ3v) is 4.11. The zero-order valence-electron chi connectivity index (χ0n) is 13.3. The smallest absolute Gasteiger partial charge is 0.240 e. The lowest BCUT2D eigenvalue weighted by atomic mass is 10.0. The second kappa shape index (κ2) is 6.91. The van der Waals surface area contributed by atoms with E-state index >= 15 is 0 Å². The molecule has 2 atom stereocenters. The molecule has 1 aliphatic heterocycles. The molecular formula is C16H25N3O2. The number of hydrogen-bond acceptors (Lipinski definition) is 4. The number of rotatable bonds is 4. The number of hydrogen-bond donors (Lipinski definition) is 1. The lowest BCUT2D eigenvalue weighted by Gasteiger charge is -2.40. The summed E-state index contributed by atoms with van der Waals surface area (Å²) < 4.78 is 5.20. The SMILES string of the molecule is COc1ccc(C(C)N2CCNCC2C(=O)N(C)C)cc1. The fourth-order valence-corrected chi connectivity index (χ4v) is 2.78. The number of carbonyl (C=O) groups is 1. The Hall–Kier alpha value is -1.59. The zero-order chi connectivity index (χ0) is 15.4.